The van der Waals surface area contributed by atoms with Crippen molar-refractivity contribution in [1.29, 1.82) is 5.26 Å². The summed E-state index contributed by atoms with van der Waals surface area (Å²) in [4.78, 5) is 3.96. The van der Waals surface area contributed by atoms with Crippen molar-refractivity contribution in [3.63, 3.8) is 0 Å². The second-order valence-corrected chi connectivity index (χ2v) is 4.58. The molecule has 0 amide bonds. The van der Waals surface area contributed by atoms with Crippen LogP contribution in [0.1, 0.15) is 25.5 Å². The van der Waals surface area contributed by atoms with E-state index in [0.717, 1.165) is 18.8 Å². The standard InChI is InChI=1S/C13H18N4/c1-10(11-3-2-5-15-9-11)17-12-4-6-16-13(7-12)8-14/h4,6-7,10-11,15H,2-3,5,9H2,1H3,(H,16,17). The van der Waals surface area contributed by atoms with Gasteiger partial charge in [-0.15, -0.1) is 0 Å². The molecule has 0 bridgehead atoms. The lowest BCUT2D eigenvalue weighted by atomic mass is 9.92. The van der Waals surface area contributed by atoms with Gasteiger partial charge in [0.15, 0.2) is 0 Å². The molecule has 0 spiro atoms. The fraction of sp³-hybridized carbons (Fsp3) is 0.538. The molecule has 4 nitrogen and oxygen atoms in total. The van der Waals surface area contributed by atoms with Gasteiger partial charge < -0.3 is 10.6 Å². The van der Waals surface area contributed by atoms with Crippen LogP contribution in [-0.2, 0) is 0 Å². The molecule has 2 atom stereocenters. The minimum atomic E-state index is 0.414. The van der Waals surface area contributed by atoms with Crippen molar-refractivity contribution >= 4 is 5.69 Å². The van der Waals surface area contributed by atoms with Crippen LogP contribution < -0.4 is 10.6 Å². The molecule has 0 aromatic carbocycles. The fourth-order valence-corrected chi connectivity index (χ4v) is 2.27. The van der Waals surface area contributed by atoms with Crippen LogP contribution in [-0.4, -0.2) is 24.1 Å². The van der Waals surface area contributed by atoms with Gasteiger partial charge in [0, 0.05) is 17.9 Å². The van der Waals surface area contributed by atoms with Crippen LogP contribution in [0.15, 0.2) is 18.3 Å². The predicted octanol–water partition coefficient (Wildman–Crippen LogP) is 1.75. The van der Waals surface area contributed by atoms with Crippen LogP contribution in [0.5, 0.6) is 0 Å². The van der Waals surface area contributed by atoms with E-state index < -0.39 is 0 Å². The maximum atomic E-state index is 8.79. The van der Waals surface area contributed by atoms with Gasteiger partial charge in [-0.25, -0.2) is 4.98 Å². The van der Waals surface area contributed by atoms with Crippen LogP contribution in [0, 0.1) is 17.2 Å². The Balaban J connectivity index is 1.97. The van der Waals surface area contributed by atoms with Crippen LogP contribution in [0.25, 0.3) is 0 Å². The Morgan fingerprint density at radius 2 is 2.53 bits per heavy atom. The summed E-state index contributed by atoms with van der Waals surface area (Å²) in [7, 11) is 0. The molecule has 0 aliphatic carbocycles. The van der Waals surface area contributed by atoms with E-state index in [9.17, 15) is 0 Å². The van der Waals surface area contributed by atoms with Crippen molar-refractivity contribution < 1.29 is 0 Å². The Kier molecular flexibility index (Phi) is 3.94. The SMILES string of the molecule is CC(Nc1ccnc(C#N)c1)C1CCCNC1. The second kappa shape index (κ2) is 5.65. The summed E-state index contributed by atoms with van der Waals surface area (Å²) in [6.45, 7) is 4.41. The number of rotatable bonds is 3. The predicted molar refractivity (Wildman–Crippen MR) is 67.6 cm³/mol. The van der Waals surface area contributed by atoms with Gasteiger partial charge in [-0.1, -0.05) is 0 Å². The third-order valence-electron chi connectivity index (χ3n) is 3.31. The van der Waals surface area contributed by atoms with Crippen molar-refractivity contribution in [2.45, 2.75) is 25.8 Å². The van der Waals surface area contributed by atoms with Crippen molar-refractivity contribution in [2.24, 2.45) is 5.92 Å². The van der Waals surface area contributed by atoms with Crippen molar-refractivity contribution in [2.75, 3.05) is 18.4 Å². The molecule has 4 heteroatoms. The maximum absolute atomic E-state index is 8.79. The molecule has 1 aliphatic rings. The number of hydrogen-bond acceptors (Lipinski definition) is 4. The average molecular weight is 230 g/mol. The van der Waals surface area contributed by atoms with Gasteiger partial charge in [0.25, 0.3) is 0 Å². The summed E-state index contributed by atoms with van der Waals surface area (Å²) in [5.74, 6) is 0.655. The van der Waals surface area contributed by atoms with Crippen LogP contribution in [0.2, 0.25) is 0 Å². The van der Waals surface area contributed by atoms with Gasteiger partial charge in [0.05, 0.1) is 0 Å². The highest BCUT2D eigenvalue weighted by Crippen LogP contribution is 2.18. The third kappa shape index (κ3) is 3.18. The van der Waals surface area contributed by atoms with Crippen molar-refractivity contribution in [1.82, 2.24) is 10.3 Å². The van der Waals surface area contributed by atoms with E-state index in [0.29, 0.717) is 17.7 Å². The normalized spacial score (nSPS) is 21.5. The first kappa shape index (κ1) is 11.9. The Hall–Kier alpha value is -1.60. The summed E-state index contributed by atoms with van der Waals surface area (Å²) < 4.78 is 0. The lowest BCUT2D eigenvalue weighted by molar-refractivity contribution is 0.347. The number of piperidine rings is 1. The molecule has 2 rings (SSSR count). The summed E-state index contributed by atoms with van der Waals surface area (Å²) in [6, 6.07) is 6.18. The molecule has 2 unspecified atom stereocenters. The molecule has 1 fully saturated rings. The molecule has 1 aliphatic heterocycles. The molecular weight excluding hydrogens is 212 g/mol. The van der Waals surface area contributed by atoms with Crippen molar-refractivity contribution in [3.05, 3.63) is 24.0 Å². The topological polar surface area (TPSA) is 60.7 Å². The number of pyridine rings is 1. The van der Waals surface area contributed by atoms with Crippen LogP contribution in [0.3, 0.4) is 0 Å². The van der Waals surface area contributed by atoms with E-state index in [1.807, 2.05) is 6.07 Å². The number of nitrogens with zero attached hydrogens (tertiary/aromatic N) is 2. The number of aromatic nitrogens is 1. The molecule has 90 valence electrons. The van der Waals surface area contributed by atoms with E-state index in [1.165, 1.54) is 12.8 Å². The van der Waals surface area contributed by atoms with E-state index in [1.54, 1.807) is 12.3 Å². The highest BCUT2D eigenvalue weighted by atomic mass is 15.0. The fourth-order valence-electron chi connectivity index (χ4n) is 2.27. The molecule has 0 saturated carbocycles. The Labute approximate surface area is 102 Å². The number of nitrogens with one attached hydrogen (secondary N) is 2. The lowest BCUT2D eigenvalue weighted by Crippen LogP contribution is -2.38. The molecule has 1 aromatic heterocycles. The Morgan fingerprint density at radius 3 is 3.24 bits per heavy atom. The molecule has 1 saturated heterocycles. The van der Waals surface area contributed by atoms with Gasteiger partial charge >= 0.3 is 0 Å². The highest BCUT2D eigenvalue weighted by molar-refractivity contribution is 5.46. The summed E-state index contributed by atoms with van der Waals surface area (Å²) in [6.07, 6.45) is 4.18. The van der Waals surface area contributed by atoms with E-state index in [4.69, 9.17) is 5.26 Å². The quantitative estimate of drug-likeness (QED) is 0.830. The molecule has 1 aromatic rings. The zero-order chi connectivity index (χ0) is 12.1. The maximum Gasteiger partial charge on any atom is 0.142 e. The van der Waals surface area contributed by atoms with Crippen molar-refractivity contribution in [3.8, 4) is 6.07 Å². The molecule has 0 radical (unpaired) electrons. The molecular formula is C13H18N4. The molecule has 2 heterocycles. The largest absolute Gasteiger partial charge is 0.382 e. The average Bonchev–Trinajstić information content (AvgIpc) is 2.40. The number of anilines is 1. The van der Waals surface area contributed by atoms with Crippen LogP contribution in [0.4, 0.5) is 5.69 Å². The van der Waals surface area contributed by atoms with Gasteiger partial charge in [-0.05, 0) is 50.9 Å². The summed E-state index contributed by atoms with van der Waals surface area (Å²) >= 11 is 0. The second-order valence-electron chi connectivity index (χ2n) is 4.58. The summed E-state index contributed by atoms with van der Waals surface area (Å²) in [5, 5.41) is 15.7. The first-order chi connectivity index (χ1) is 8.29. The number of nitriles is 1. The minimum absolute atomic E-state index is 0.414. The highest BCUT2D eigenvalue weighted by Gasteiger charge is 2.19. The monoisotopic (exact) mass is 230 g/mol. The lowest BCUT2D eigenvalue weighted by Gasteiger charge is -2.29. The third-order valence-corrected chi connectivity index (χ3v) is 3.31. The first-order valence-electron chi connectivity index (χ1n) is 6.13. The van der Waals surface area contributed by atoms with Gasteiger partial charge in [-0.3, -0.25) is 0 Å². The van der Waals surface area contributed by atoms with E-state index in [-0.39, 0.29) is 0 Å². The molecule has 2 N–H and O–H groups in total. The smallest absolute Gasteiger partial charge is 0.142 e. The van der Waals surface area contributed by atoms with E-state index >= 15 is 0 Å². The summed E-state index contributed by atoms with van der Waals surface area (Å²) in [5.41, 5.74) is 1.44. The van der Waals surface area contributed by atoms with Gasteiger partial charge in [0.2, 0.25) is 0 Å². The molecule has 17 heavy (non-hydrogen) atoms. The zero-order valence-corrected chi connectivity index (χ0v) is 10.1. The number of hydrogen-bond donors (Lipinski definition) is 2. The van der Waals surface area contributed by atoms with Gasteiger partial charge in [-0.2, -0.15) is 5.26 Å². The van der Waals surface area contributed by atoms with Crippen LogP contribution >= 0.6 is 0 Å². The van der Waals surface area contributed by atoms with E-state index in [2.05, 4.69) is 28.6 Å². The zero-order valence-electron chi connectivity index (χ0n) is 10.1. The Bertz CT molecular complexity index is 404. The first-order valence-corrected chi connectivity index (χ1v) is 6.13. The minimum Gasteiger partial charge on any atom is -0.382 e. The Morgan fingerprint density at radius 1 is 1.65 bits per heavy atom. The van der Waals surface area contributed by atoms with Gasteiger partial charge in [0.1, 0.15) is 11.8 Å².